The zero-order valence-corrected chi connectivity index (χ0v) is 19.5. The molecule has 0 saturated heterocycles. The van der Waals surface area contributed by atoms with E-state index in [1.54, 1.807) is 12.1 Å². The van der Waals surface area contributed by atoms with Gasteiger partial charge in [-0.25, -0.2) is 0 Å². The Kier molecular flexibility index (Phi) is 5.98. The topological polar surface area (TPSA) is 29.5 Å². The van der Waals surface area contributed by atoms with Crippen LogP contribution >= 0.6 is 11.6 Å². The summed E-state index contributed by atoms with van der Waals surface area (Å²) < 4.78 is 23.8. The molecule has 5 rings (SSSR count). The summed E-state index contributed by atoms with van der Waals surface area (Å²) in [6.45, 7) is 0.790. The van der Waals surface area contributed by atoms with E-state index in [4.69, 9.17) is 19.1 Å². The van der Waals surface area contributed by atoms with Crippen LogP contribution in [0.25, 0.3) is 0 Å². The van der Waals surface area contributed by atoms with E-state index in [1.807, 2.05) is 60.7 Å². The number of hydrogen-bond donors (Lipinski definition) is 1. The predicted octanol–water partition coefficient (Wildman–Crippen LogP) is 7.32. The molecule has 1 saturated carbocycles. The maximum absolute atomic E-state index is 11.8. The van der Waals surface area contributed by atoms with Crippen molar-refractivity contribution in [1.29, 1.82) is 0 Å². The van der Waals surface area contributed by atoms with Crippen LogP contribution in [-0.2, 0) is 23.3 Å². The summed E-state index contributed by atoms with van der Waals surface area (Å²) in [5.41, 5.74) is 3.57. The van der Waals surface area contributed by atoms with Gasteiger partial charge in [0.1, 0.15) is 5.60 Å². The number of halogens is 1. The largest absolute Gasteiger partial charge is 0.381 e. The van der Waals surface area contributed by atoms with Crippen LogP contribution in [0.2, 0.25) is 5.02 Å². The summed E-state index contributed by atoms with van der Waals surface area (Å²) in [7, 11) is 0. The van der Waals surface area contributed by atoms with Gasteiger partial charge in [-0.2, -0.15) is 0 Å². The van der Waals surface area contributed by atoms with Gasteiger partial charge in [-0.15, -0.1) is 0 Å². The average Bonchev–Trinajstić information content (AvgIpc) is 3.72. The fourth-order valence-electron chi connectivity index (χ4n) is 4.61. The fraction of sp³-hybridized carbons (Fsp3) is 0.333. The highest BCUT2D eigenvalue weighted by atomic mass is 35.5. The molecule has 1 N–H and O–H groups in total. The zero-order valence-electron chi connectivity index (χ0n) is 20.8. The summed E-state index contributed by atoms with van der Waals surface area (Å²) in [6, 6.07) is 23.0. The van der Waals surface area contributed by atoms with E-state index in [-0.39, 0.29) is 0 Å². The van der Waals surface area contributed by atoms with Gasteiger partial charge in [-0.1, -0.05) is 84.4 Å². The molecule has 170 valence electrons. The molecule has 0 bridgehead atoms. The highest BCUT2D eigenvalue weighted by Crippen LogP contribution is 2.41. The Balaban J connectivity index is 1.40. The van der Waals surface area contributed by atoms with E-state index in [2.05, 4.69) is 6.08 Å². The van der Waals surface area contributed by atoms with Crippen molar-refractivity contribution in [3.63, 3.8) is 0 Å². The molecule has 0 spiro atoms. The van der Waals surface area contributed by atoms with Crippen LogP contribution in [0.5, 0.6) is 0 Å². The molecular formula is C30H31ClO2. The monoisotopic (exact) mass is 460 g/mol. The van der Waals surface area contributed by atoms with Crippen LogP contribution in [0.3, 0.4) is 0 Å². The van der Waals surface area contributed by atoms with Crippen LogP contribution in [-0.4, -0.2) is 11.7 Å². The highest BCUT2D eigenvalue weighted by molar-refractivity contribution is 6.31. The number of allylic oxidation sites excluding steroid dienone is 1. The predicted molar refractivity (Wildman–Crippen MR) is 135 cm³/mol. The first-order chi connectivity index (χ1) is 16.9. The number of ether oxygens (including phenoxy) is 1. The Labute approximate surface area is 204 Å². The lowest BCUT2D eigenvalue weighted by Crippen LogP contribution is -2.33. The smallest absolute Gasteiger partial charge is 0.113 e. The molecule has 2 aliphatic rings. The van der Waals surface area contributed by atoms with Crippen LogP contribution in [0.1, 0.15) is 68.6 Å². The third kappa shape index (κ3) is 5.24. The minimum Gasteiger partial charge on any atom is -0.381 e. The standard InChI is InChI=1S/C30H31ClO2/c31-29-16-15-27(19-26(29)18-22-9-11-24(12-10-22)25-13-14-25)30(32)17-5-4-8-28(30)21-33-20-23-6-2-1-3-7-23/h1-3,6-12,15-16,19,25,32H,4-5,13-14,17-18,20-21H2/i18D2. The molecule has 1 atom stereocenters. The molecule has 33 heavy (non-hydrogen) atoms. The lowest BCUT2D eigenvalue weighted by atomic mass is 9.77. The van der Waals surface area contributed by atoms with Gasteiger partial charge in [0.15, 0.2) is 0 Å². The van der Waals surface area contributed by atoms with E-state index >= 15 is 0 Å². The van der Waals surface area contributed by atoms with Gasteiger partial charge >= 0.3 is 0 Å². The van der Waals surface area contributed by atoms with Gasteiger partial charge in [0.25, 0.3) is 0 Å². The van der Waals surface area contributed by atoms with Crippen molar-refractivity contribution < 1.29 is 12.6 Å². The normalized spacial score (nSPS) is 21.8. The number of benzene rings is 3. The van der Waals surface area contributed by atoms with E-state index in [0.717, 1.165) is 24.0 Å². The Morgan fingerprint density at radius 1 is 0.970 bits per heavy atom. The van der Waals surface area contributed by atoms with Gasteiger partial charge < -0.3 is 9.84 Å². The van der Waals surface area contributed by atoms with Crippen molar-refractivity contribution in [3.05, 3.63) is 117 Å². The van der Waals surface area contributed by atoms with Gasteiger partial charge in [0, 0.05) is 7.76 Å². The molecule has 2 aliphatic carbocycles. The van der Waals surface area contributed by atoms with Crippen LogP contribution < -0.4 is 0 Å². The van der Waals surface area contributed by atoms with E-state index < -0.39 is 12.0 Å². The van der Waals surface area contributed by atoms with E-state index in [1.165, 1.54) is 18.4 Å². The van der Waals surface area contributed by atoms with Crippen molar-refractivity contribution in [3.8, 4) is 0 Å². The first-order valence-electron chi connectivity index (χ1n) is 12.8. The Hall–Kier alpha value is -2.39. The van der Waals surface area contributed by atoms with E-state index in [9.17, 15) is 5.11 Å². The zero-order chi connectivity index (χ0) is 24.5. The molecule has 0 amide bonds. The molecule has 0 aliphatic heterocycles. The van der Waals surface area contributed by atoms with Crippen molar-refractivity contribution in [2.75, 3.05) is 6.61 Å². The summed E-state index contributed by atoms with van der Waals surface area (Å²) in [4.78, 5) is 0. The van der Waals surface area contributed by atoms with Crippen molar-refractivity contribution >= 4 is 11.6 Å². The summed E-state index contributed by atoms with van der Waals surface area (Å²) in [6.07, 6.45) is 5.01. The molecule has 0 heterocycles. The third-order valence-corrected chi connectivity index (χ3v) is 7.05. The minimum absolute atomic E-state index is 0.318. The van der Waals surface area contributed by atoms with Gasteiger partial charge in [0.05, 0.1) is 13.2 Å². The van der Waals surface area contributed by atoms with Crippen LogP contribution in [0.15, 0.2) is 84.4 Å². The molecule has 1 unspecified atom stereocenters. The second kappa shape index (κ2) is 9.85. The van der Waals surface area contributed by atoms with Crippen molar-refractivity contribution in [2.24, 2.45) is 0 Å². The molecule has 3 aromatic carbocycles. The summed E-state index contributed by atoms with van der Waals surface area (Å²) >= 11 is 6.53. The molecule has 0 aromatic heterocycles. The molecule has 3 aromatic rings. The minimum atomic E-state index is -1.78. The number of aliphatic hydroxyl groups is 1. The lowest BCUT2D eigenvalue weighted by molar-refractivity contribution is 0.0317. The average molecular weight is 461 g/mol. The molecule has 0 radical (unpaired) electrons. The molecule has 1 fully saturated rings. The van der Waals surface area contributed by atoms with Crippen molar-refractivity contribution in [1.82, 2.24) is 0 Å². The summed E-state index contributed by atoms with van der Waals surface area (Å²) in [5, 5.41) is 12.2. The molecular weight excluding hydrogens is 428 g/mol. The van der Waals surface area contributed by atoms with Gasteiger partial charge in [-0.05, 0) is 83.9 Å². The van der Waals surface area contributed by atoms with Crippen LogP contribution in [0, 0.1) is 0 Å². The Morgan fingerprint density at radius 2 is 1.76 bits per heavy atom. The highest BCUT2D eigenvalue weighted by Gasteiger charge is 2.35. The maximum Gasteiger partial charge on any atom is 0.113 e. The van der Waals surface area contributed by atoms with Gasteiger partial charge in [0.2, 0.25) is 0 Å². The maximum atomic E-state index is 11.8. The lowest BCUT2D eigenvalue weighted by Gasteiger charge is -2.35. The molecule has 2 nitrogen and oxygen atoms in total. The first-order valence-corrected chi connectivity index (χ1v) is 12.2. The first kappa shape index (κ1) is 20.0. The fourth-order valence-corrected chi connectivity index (χ4v) is 4.78. The van der Waals surface area contributed by atoms with Crippen molar-refractivity contribution in [2.45, 2.75) is 56.6 Å². The third-order valence-electron chi connectivity index (χ3n) is 6.72. The Bertz CT molecular complexity index is 1200. The number of hydrogen-bond acceptors (Lipinski definition) is 2. The van der Waals surface area contributed by atoms with Gasteiger partial charge in [-0.3, -0.25) is 0 Å². The number of rotatable bonds is 8. The second-order valence-corrected chi connectivity index (χ2v) is 9.58. The SMILES string of the molecule is [2H]C([2H])(c1ccc(C2CC2)cc1)c1cc(C2(O)CCCC=C2COCc2ccccc2)ccc1Cl. The Morgan fingerprint density at radius 3 is 2.52 bits per heavy atom. The second-order valence-electron chi connectivity index (χ2n) is 9.18. The quantitative estimate of drug-likeness (QED) is 0.357. The molecule has 3 heteroatoms. The van der Waals surface area contributed by atoms with E-state index in [0.29, 0.717) is 47.3 Å². The van der Waals surface area contributed by atoms with Crippen LogP contribution in [0.4, 0.5) is 0 Å². The summed E-state index contributed by atoms with van der Waals surface area (Å²) in [5.74, 6) is 0.622.